The molecule has 1 fully saturated rings. The second-order valence-electron chi connectivity index (χ2n) is 10.2. The number of hydrogen-bond acceptors (Lipinski definition) is 5. The van der Waals surface area contributed by atoms with E-state index in [0.29, 0.717) is 44.7 Å². The fourth-order valence-electron chi connectivity index (χ4n) is 5.21. The SMILES string of the molecule is CC1CCCN(CCCNC(=O)c2ccc3c(c2)N(NCc2cccc(Cl)c2)C(=O)c2ccccc2S3=O)C1. The molecular weight excluding hydrogens is 532 g/mol. The summed E-state index contributed by atoms with van der Waals surface area (Å²) in [6.07, 6.45) is 3.39. The van der Waals surface area contributed by atoms with E-state index in [1.165, 1.54) is 17.9 Å². The van der Waals surface area contributed by atoms with Gasteiger partial charge in [0.25, 0.3) is 11.8 Å². The predicted octanol–water partition coefficient (Wildman–Crippen LogP) is 5.02. The second kappa shape index (κ2) is 12.4. The van der Waals surface area contributed by atoms with Crippen molar-refractivity contribution < 1.29 is 13.8 Å². The molecular formula is C30H33ClN4O3S. The lowest BCUT2D eigenvalue weighted by Gasteiger charge is -2.30. The number of rotatable bonds is 8. The van der Waals surface area contributed by atoms with Crippen molar-refractivity contribution in [3.63, 3.8) is 0 Å². The molecule has 0 spiro atoms. The van der Waals surface area contributed by atoms with Crippen LogP contribution in [0.25, 0.3) is 0 Å². The molecule has 2 N–H and O–H groups in total. The van der Waals surface area contributed by atoms with E-state index < -0.39 is 10.8 Å². The van der Waals surface area contributed by atoms with Crippen LogP contribution >= 0.6 is 11.6 Å². The Kier molecular flexibility index (Phi) is 8.77. The van der Waals surface area contributed by atoms with Crippen LogP contribution in [0.3, 0.4) is 0 Å². The van der Waals surface area contributed by atoms with Gasteiger partial charge < -0.3 is 10.2 Å². The molecule has 1 saturated heterocycles. The number of piperidine rings is 1. The Morgan fingerprint density at radius 1 is 1.08 bits per heavy atom. The van der Waals surface area contributed by atoms with Crippen LogP contribution in [0.2, 0.25) is 5.02 Å². The third-order valence-corrected chi connectivity index (χ3v) is 8.93. The molecule has 2 heterocycles. The van der Waals surface area contributed by atoms with E-state index >= 15 is 0 Å². The second-order valence-corrected chi connectivity index (χ2v) is 12.1. The molecule has 7 nitrogen and oxygen atoms in total. The first-order valence-corrected chi connectivity index (χ1v) is 14.9. The molecule has 5 rings (SSSR count). The molecule has 2 unspecified atom stereocenters. The van der Waals surface area contributed by atoms with E-state index in [0.717, 1.165) is 37.5 Å². The summed E-state index contributed by atoms with van der Waals surface area (Å²) in [4.78, 5) is 30.1. The number of anilines is 1. The summed E-state index contributed by atoms with van der Waals surface area (Å²) in [5.74, 6) is 0.162. The van der Waals surface area contributed by atoms with Crippen molar-refractivity contribution in [3.05, 3.63) is 88.4 Å². The number of hydrogen-bond donors (Lipinski definition) is 2. The summed E-state index contributed by atoms with van der Waals surface area (Å²) in [5, 5.41) is 5.00. The number of amides is 2. The van der Waals surface area contributed by atoms with Crippen molar-refractivity contribution in [2.45, 2.75) is 42.5 Å². The third kappa shape index (κ3) is 6.41. The largest absolute Gasteiger partial charge is 0.352 e. The number of nitrogens with zero attached hydrogens (tertiary/aromatic N) is 2. The summed E-state index contributed by atoms with van der Waals surface area (Å²) in [6.45, 7) is 6.36. The fourth-order valence-corrected chi connectivity index (χ4v) is 6.75. The van der Waals surface area contributed by atoms with Crippen LogP contribution in [-0.4, -0.2) is 47.1 Å². The predicted molar refractivity (Wildman–Crippen MR) is 154 cm³/mol. The average molecular weight is 565 g/mol. The highest BCUT2D eigenvalue weighted by molar-refractivity contribution is 7.85. The first-order chi connectivity index (χ1) is 18.9. The lowest BCUT2D eigenvalue weighted by Crippen LogP contribution is -2.43. The van der Waals surface area contributed by atoms with Gasteiger partial charge >= 0.3 is 0 Å². The van der Waals surface area contributed by atoms with E-state index in [1.807, 2.05) is 18.2 Å². The Balaban J connectivity index is 1.35. The van der Waals surface area contributed by atoms with Crippen LogP contribution in [0.4, 0.5) is 5.69 Å². The van der Waals surface area contributed by atoms with Crippen LogP contribution < -0.4 is 15.8 Å². The number of hydrazine groups is 1. The van der Waals surface area contributed by atoms with Crippen molar-refractivity contribution in [1.29, 1.82) is 0 Å². The van der Waals surface area contributed by atoms with Gasteiger partial charge in [-0.15, -0.1) is 0 Å². The van der Waals surface area contributed by atoms with Gasteiger partial charge in [0, 0.05) is 30.2 Å². The van der Waals surface area contributed by atoms with E-state index in [4.69, 9.17) is 11.6 Å². The van der Waals surface area contributed by atoms with E-state index in [2.05, 4.69) is 22.6 Å². The first kappa shape index (κ1) is 27.5. The smallest absolute Gasteiger partial charge is 0.273 e. The Hall–Kier alpha value is -3.04. The summed E-state index contributed by atoms with van der Waals surface area (Å²) < 4.78 is 13.6. The normalized spacial score (nSPS) is 19.2. The number of nitrogens with one attached hydrogen (secondary N) is 2. The standard InChI is InChI=1S/C30H33ClN4O3S/c1-21-7-5-15-34(20-21)16-6-14-32-29(36)23-12-13-28-26(18-23)35(33-19-22-8-4-9-24(31)17-22)30(37)25-10-2-3-11-27(25)39(28)38/h2-4,8-13,17-18,21,33H,5-7,14-16,19-20H2,1H3,(H,32,36). The molecule has 9 heteroatoms. The zero-order chi connectivity index (χ0) is 27.4. The van der Waals surface area contributed by atoms with E-state index in [-0.39, 0.29) is 11.8 Å². The molecule has 2 amide bonds. The zero-order valence-electron chi connectivity index (χ0n) is 22.0. The quantitative estimate of drug-likeness (QED) is 0.375. The van der Waals surface area contributed by atoms with Crippen molar-refractivity contribution in [3.8, 4) is 0 Å². The first-order valence-electron chi connectivity index (χ1n) is 13.4. The molecule has 2 aliphatic heterocycles. The minimum absolute atomic E-state index is 0.223. The molecule has 0 radical (unpaired) electrons. The van der Waals surface area contributed by atoms with Crippen LogP contribution in [0.1, 0.15) is 52.5 Å². The van der Waals surface area contributed by atoms with Crippen LogP contribution in [0.15, 0.2) is 76.5 Å². The number of likely N-dealkylation sites (tertiary alicyclic amines) is 1. The highest BCUT2D eigenvalue weighted by atomic mass is 35.5. The molecule has 204 valence electrons. The van der Waals surface area contributed by atoms with Gasteiger partial charge in [0.2, 0.25) is 0 Å². The van der Waals surface area contributed by atoms with Gasteiger partial charge in [-0.3, -0.25) is 9.59 Å². The molecule has 39 heavy (non-hydrogen) atoms. The lowest BCUT2D eigenvalue weighted by molar-refractivity contribution is 0.0945. The summed E-state index contributed by atoms with van der Waals surface area (Å²) in [7, 11) is -1.60. The summed E-state index contributed by atoms with van der Waals surface area (Å²) in [5.41, 5.74) is 5.22. The summed E-state index contributed by atoms with van der Waals surface area (Å²) >= 11 is 6.15. The van der Waals surface area contributed by atoms with Gasteiger partial charge in [-0.05, 0) is 86.3 Å². The van der Waals surface area contributed by atoms with Crippen molar-refractivity contribution >= 4 is 39.9 Å². The number of fused-ring (bicyclic) bond motifs is 2. The van der Waals surface area contributed by atoms with Gasteiger partial charge in [0.15, 0.2) is 0 Å². The average Bonchev–Trinajstić information content (AvgIpc) is 3.02. The van der Waals surface area contributed by atoms with Crippen LogP contribution in [0, 0.1) is 5.92 Å². The Morgan fingerprint density at radius 2 is 1.92 bits per heavy atom. The molecule has 0 saturated carbocycles. The van der Waals surface area contributed by atoms with Gasteiger partial charge in [-0.2, -0.15) is 0 Å². The van der Waals surface area contributed by atoms with E-state index in [9.17, 15) is 13.8 Å². The lowest BCUT2D eigenvalue weighted by atomic mass is 10.0. The minimum atomic E-state index is -1.60. The van der Waals surface area contributed by atoms with Gasteiger partial charge in [-0.1, -0.05) is 42.8 Å². The third-order valence-electron chi connectivity index (χ3n) is 7.19. The number of benzene rings is 3. The van der Waals surface area contributed by atoms with Crippen molar-refractivity contribution in [1.82, 2.24) is 15.6 Å². The zero-order valence-corrected chi connectivity index (χ0v) is 23.6. The van der Waals surface area contributed by atoms with E-state index in [1.54, 1.807) is 48.5 Å². The topological polar surface area (TPSA) is 81.8 Å². The maximum absolute atomic E-state index is 13.7. The van der Waals surface area contributed by atoms with Crippen molar-refractivity contribution in [2.75, 3.05) is 31.2 Å². The Labute approximate surface area is 237 Å². The molecule has 2 atom stereocenters. The monoisotopic (exact) mass is 564 g/mol. The van der Waals surface area contributed by atoms with Crippen molar-refractivity contribution in [2.24, 2.45) is 5.92 Å². The molecule has 3 aromatic carbocycles. The maximum atomic E-state index is 13.7. The van der Waals surface area contributed by atoms with Gasteiger partial charge in [0.1, 0.15) is 0 Å². The highest BCUT2D eigenvalue weighted by Gasteiger charge is 2.31. The molecule has 2 aliphatic rings. The Morgan fingerprint density at radius 3 is 2.74 bits per heavy atom. The fraction of sp³-hybridized carbons (Fsp3) is 0.333. The number of halogens is 1. The Bertz CT molecular complexity index is 1400. The number of carbonyl (C=O) groups excluding carboxylic acids is 2. The van der Waals surface area contributed by atoms with Crippen LogP contribution in [-0.2, 0) is 17.3 Å². The summed E-state index contributed by atoms with van der Waals surface area (Å²) in [6, 6.07) is 19.2. The molecule has 0 aromatic heterocycles. The molecule has 0 aliphatic carbocycles. The highest BCUT2D eigenvalue weighted by Crippen LogP contribution is 2.34. The maximum Gasteiger partial charge on any atom is 0.273 e. The number of carbonyl (C=O) groups is 2. The molecule has 3 aromatic rings. The van der Waals surface area contributed by atoms with Gasteiger partial charge in [0.05, 0.1) is 31.8 Å². The molecule has 0 bridgehead atoms. The minimum Gasteiger partial charge on any atom is -0.352 e. The van der Waals surface area contributed by atoms with Crippen LogP contribution in [0.5, 0.6) is 0 Å². The van der Waals surface area contributed by atoms with Gasteiger partial charge in [-0.25, -0.2) is 14.6 Å².